The highest BCUT2D eigenvalue weighted by Crippen LogP contribution is 2.36. The van der Waals surface area contributed by atoms with Gasteiger partial charge in [0.05, 0.1) is 15.0 Å². The monoisotopic (exact) mass is 450 g/mol. The Morgan fingerprint density at radius 2 is 1.90 bits per heavy atom. The molecular weight excluding hydrogens is 435 g/mol. The van der Waals surface area contributed by atoms with Gasteiger partial charge in [-0.2, -0.15) is 0 Å². The van der Waals surface area contributed by atoms with Crippen molar-refractivity contribution in [2.24, 2.45) is 0 Å². The smallest absolute Gasteiger partial charge is 0.294 e. The predicted molar refractivity (Wildman–Crippen MR) is 113 cm³/mol. The highest BCUT2D eigenvalue weighted by molar-refractivity contribution is 8.18. The minimum absolute atomic E-state index is 0.207. The van der Waals surface area contributed by atoms with E-state index >= 15 is 0 Å². The van der Waals surface area contributed by atoms with E-state index in [9.17, 15) is 14.4 Å². The van der Waals surface area contributed by atoms with Crippen LogP contribution in [0.3, 0.4) is 0 Å². The lowest BCUT2D eigenvalue weighted by atomic mass is 10.2. The third kappa shape index (κ3) is 4.08. The Labute approximate surface area is 181 Å². The van der Waals surface area contributed by atoms with E-state index in [2.05, 4.69) is 0 Å². The van der Waals surface area contributed by atoms with Crippen LogP contribution in [0.4, 0.5) is 4.79 Å². The predicted octanol–water partition coefficient (Wildman–Crippen LogP) is 4.91. The van der Waals surface area contributed by atoms with Crippen molar-refractivity contribution in [3.05, 3.63) is 51.0 Å². The number of thioether (sulfide) groups is 1. The number of carbonyl (C=O) groups excluding carboxylic acids is 3. The maximum Gasteiger partial charge on any atom is 0.294 e. The first kappa shape index (κ1) is 20.1. The van der Waals surface area contributed by atoms with Crippen LogP contribution in [-0.2, 0) is 9.59 Å². The molecule has 0 radical (unpaired) electrons. The SMILES string of the molecule is O=C(CN1C(=O)S/C(=C\c2ccc(-c3cccc(Cl)c3Cl)o2)C1=O)N1CCCC1. The number of hydrogen-bond acceptors (Lipinski definition) is 5. The molecule has 1 aromatic heterocycles. The molecule has 0 unspecified atom stereocenters. The molecule has 150 valence electrons. The van der Waals surface area contributed by atoms with Gasteiger partial charge in [-0.1, -0.05) is 29.3 Å². The normalized spacial score (nSPS) is 18.3. The van der Waals surface area contributed by atoms with E-state index in [1.807, 2.05) is 0 Å². The summed E-state index contributed by atoms with van der Waals surface area (Å²) in [6, 6.07) is 8.60. The highest BCUT2D eigenvalue weighted by Gasteiger charge is 2.37. The number of imide groups is 1. The fourth-order valence-corrected chi connectivity index (χ4v) is 4.45. The zero-order valence-corrected chi connectivity index (χ0v) is 17.5. The number of amides is 3. The molecule has 4 rings (SSSR count). The molecule has 3 heterocycles. The molecule has 0 bridgehead atoms. The van der Waals surface area contributed by atoms with Gasteiger partial charge in [0.15, 0.2) is 0 Å². The Morgan fingerprint density at radius 1 is 1.14 bits per heavy atom. The minimum Gasteiger partial charge on any atom is -0.457 e. The summed E-state index contributed by atoms with van der Waals surface area (Å²) in [5, 5.41) is 0.320. The standard InChI is InChI=1S/C20H16Cl2N2O4S/c21-14-5-3-4-13(18(14)22)15-7-6-12(28-15)10-16-19(26)24(20(27)29-16)11-17(25)23-8-1-2-9-23/h3-7,10H,1-2,8-9,11H2/b16-10-. The van der Waals surface area contributed by atoms with Crippen molar-refractivity contribution in [1.82, 2.24) is 9.80 Å². The quantitative estimate of drug-likeness (QED) is 0.618. The van der Waals surface area contributed by atoms with Crippen molar-refractivity contribution >= 4 is 58.1 Å². The molecule has 2 aromatic rings. The van der Waals surface area contributed by atoms with Crippen molar-refractivity contribution in [3.63, 3.8) is 0 Å². The van der Waals surface area contributed by atoms with Crippen molar-refractivity contribution in [3.8, 4) is 11.3 Å². The lowest BCUT2D eigenvalue weighted by molar-refractivity contribution is -0.135. The summed E-state index contributed by atoms with van der Waals surface area (Å²) < 4.78 is 5.76. The molecule has 0 atom stereocenters. The van der Waals surface area contributed by atoms with Crippen molar-refractivity contribution < 1.29 is 18.8 Å². The molecule has 0 saturated carbocycles. The summed E-state index contributed by atoms with van der Waals surface area (Å²) >= 11 is 13.1. The molecule has 2 aliphatic rings. The Balaban J connectivity index is 1.51. The van der Waals surface area contributed by atoms with Crippen LogP contribution in [0.1, 0.15) is 18.6 Å². The van der Waals surface area contributed by atoms with Crippen LogP contribution < -0.4 is 0 Å². The van der Waals surface area contributed by atoms with E-state index in [0.29, 0.717) is 40.2 Å². The van der Waals surface area contributed by atoms with Crippen LogP contribution in [-0.4, -0.2) is 46.5 Å². The van der Waals surface area contributed by atoms with Gasteiger partial charge in [-0.25, -0.2) is 0 Å². The van der Waals surface area contributed by atoms with Crippen LogP contribution in [0.25, 0.3) is 17.4 Å². The molecule has 0 aliphatic carbocycles. The van der Waals surface area contributed by atoms with E-state index < -0.39 is 11.1 Å². The lowest BCUT2D eigenvalue weighted by Gasteiger charge is -2.18. The van der Waals surface area contributed by atoms with Gasteiger partial charge in [-0.05, 0) is 48.9 Å². The van der Waals surface area contributed by atoms with Gasteiger partial charge in [0.2, 0.25) is 5.91 Å². The van der Waals surface area contributed by atoms with Gasteiger partial charge < -0.3 is 9.32 Å². The molecule has 3 amide bonds. The molecule has 6 nitrogen and oxygen atoms in total. The number of carbonyl (C=O) groups is 3. The van der Waals surface area contributed by atoms with Crippen LogP contribution in [0.15, 0.2) is 39.7 Å². The first-order valence-electron chi connectivity index (χ1n) is 9.01. The van der Waals surface area contributed by atoms with Gasteiger partial charge in [0, 0.05) is 24.7 Å². The molecule has 0 N–H and O–H groups in total. The number of hydrogen-bond donors (Lipinski definition) is 0. The van der Waals surface area contributed by atoms with E-state index in [1.54, 1.807) is 35.2 Å². The Kier molecular flexibility index (Phi) is 5.72. The second-order valence-electron chi connectivity index (χ2n) is 6.66. The van der Waals surface area contributed by atoms with Crippen LogP contribution in [0.5, 0.6) is 0 Å². The second-order valence-corrected chi connectivity index (χ2v) is 8.44. The molecule has 0 spiro atoms. The lowest BCUT2D eigenvalue weighted by Crippen LogP contribution is -2.40. The Hall–Kier alpha value is -2.22. The Morgan fingerprint density at radius 3 is 2.66 bits per heavy atom. The zero-order valence-electron chi connectivity index (χ0n) is 15.2. The van der Waals surface area contributed by atoms with Crippen LogP contribution >= 0.6 is 35.0 Å². The van der Waals surface area contributed by atoms with Crippen LogP contribution in [0.2, 0.25) is 10.0 Å². The van der Waals surface area contributed by atoms with Gasteiger partial charge in [0.1, 0.15) is 18.1 Å². The van der Waals surface area contributed by atoms with Gasteiger partial charge in [-0.15, -0.1) is 0 Å². The topological polar surface area (TPSA) is 70.8 Å². The van der Waals surface area contributed by atoms with E-state index in [4.69, 9.17) is 27.6 Å². The molecule has 2 saturated heterocycles. The fraction of sp³-hybridized carbons (Fsp3) is 0.250. The second kappa shape index (κ2) is 8.26. The number of likely N-dealkylation sites (tertiary alicyclic amines) is 1. The van der Waals surface area contributed by atoms with Gasteiger partial charge in [0.25, 0.3) is 11.1 Å². The Bertz CT molecular complexity index is 1030. The van der Waals surface area contributed by atoms with Crippen molar-refractivity contribution in [1.29, 1.82) is 0 Å². The fourth-order valence-electron chi connectivity index (χ4n) is 3.24. The van der Waals surface area contributed by atoms with Crippen molar-refractivity contribution in [2.75, 3.05) is 19.6 Å². The summed E-state index contributed by atoms with van der Waals surface area (Å²) in [4.78, 5) is 40.0. The van der Waals surface area contributed by atoms with Gasteiger partial charge in [-0.3, -0.25) is 19.3 Å². The molecule has 2 fully saturated rings. The van der Waals surface area contributed by atoms with Crippen molar-refractivity contribution in [2.45, 2.75) is 12.8 Å². The molecule has 29 heavy (non-hydrogen) atoms. The average Bonchev–Trinajstić information content (AvgIpc) is 3.43. The zero-order chi connectivity index (χ0) is 20.5. The average molecular weight is 451 g/mol. The molecule has 9 heteroatoms. The third-order valence-electron chi connectivity index (χ3n) is 4.74. The number of nitrogens with zero attached hydrogens (tertiary/aromatic N) is 2. The summed E-state index contributed by atoms with van der Waals surface area (Å²) in [6.45, 7) is 1.11. The molecule has 2 aliphatic heterocycles. The van der Waals surface area contributed by atoms with Crippen LogP contribution in [0, 0.1) is 0 Å². The molecule has 1 aromatic carbocycles. The van der Waals surface area contributed by atoms with Gasteiger partial charge >= 0.3 is 0 Å². The summed E-state index contributed by atoms with van der Waals surface area (Å²) in [7, 11) is 0. The minimum atomic E-state index is -0.494. The summed E-state index contributed by atoms with van der Waals surface area (Å²) in [5.74, 6) is 0.188. The number of rotatable bonds is 4. The number of benzene rings is 1. The number of halogens is 2. The summed E-state index contributed by atoms with van der Waals surface area (Å²) in [6.07, 6.45) is 3.39. The highest BCUT2D eigenvalue weighted by atomic mass is 35.5. The van der Waals surface area contributed by atoms with E-state index in [0.717, 1.165) is 29.5 Å². The third-order valence-corrected chi connectivity index (χ3v) is 6.47. The maximum absolute atomic E-state index is 12.6. The largest absolute Gasteiger partial charge is 0.457 e. The first-order chi connectivity index (χ1) is 13.9. The van der Waals surface area contributed by atoms with E-state index in [1.165, 1.54) is 6.08 Å². The van der Waals surface area contributed by atoms with E-state index in [-0.39, 0.29) is 17.4 Å². The summed E-state index contributed by atoms with van der Waals surface area (Å²) in [5.41, 5.74) is 0.628. The first-order valence-corrected chi connectivity index (χ1v) is 10.6. The maximum atomic E-state index is 12.6. The number of furan rings is 1. The molecular formula is C20H16Cl2N2O4S.